The first kappa shape index (κ1) is 12.3. The number of halogens is 2. The molecule has 19 heavy (non-hydrogen) atoms. The van der Waals surface area contributed by atoms with E-state index < -0.39 is 17.7 Å². The van der Waals surface area contributed by atoms with Crippen molar-refractivity contribution in [3.8, 4) is 0 Å². The Kier molecular flexibility index (Phi) is 3.07. The van der Waals surface area contributed by atoms with Crippen LogP contribution in [0.2, 0.25) is 0 Å². The maximum absolute atomic E-state index is 13.2. The van der Waals surface area contributed by atoms with Crippen molar-refractivity contribution >= 4 is 0 Å². The number of rotatable bonds is 2. The third-order valence-corrected chi connectivity index (χ3v) is 3.81. The molecule has 0 bridgehead atoms. The summed E-state index contributed by atoms with van der Waals surface area (Å²) in [5.74, 6) is -1.76. The van der Waals surface area contributed by atoms with Crippen LogP contribution in [0.5, 0.6) is 0 Å². The zero-order valence-corrected chi connectivity index (χ0v) is 10.3. The third kappa shape index (κ3) is 2.26. The number of hydrogen-bond donors (Lipinski definition) is 1. The van der Waals surface area contributed by atoms with E-state index in [9.17, 15) is 13.9 Å². The molecule has 0 saturated heterocycles. The maximum Gasteiger partial charge on any atom is 0.159 e. The molecule has 0 aromatic heterocycles. The van der Waals surface area contributed by atoms with Gasteiger partial charge in [-0.2, -0.15) is 0 Å². The summed E-state index contributed by atoms with van der Waals surface area (Å²) in [5.41, 5.74) is 2.90. The summed E-state index contributed by atoms with van der Waals surface area (Å²) in [5, 5.41) is 10.3. The van der Waals surface area contributed by atoms with Gasteiger partial charge in [0, 0.05) is 0 Å². The first-order chi connectivity index (χ1) is 9.15. The van der Waals surface area contributed by atoms with Crippen molar-refractivity contribution in [1.29, 1.82) is 0 Å². The Bertz CT molecular complexity index is 584. The van der Waals surface area contributed by atoms with Crippen molar-refractivity contribution in [2.75, 3.05) is 0 Å². The first-order valence-corrected chi connectivity index (χ1v) is 6.35. The SMILES string of the molecule is OC(c1ccc(F)c(F)c1)C1Cc2ccccc2C1. The largest absolute Gasteiger partial charge is 0.388 e. The topological polar surface area (TPSA) is 20.2 Å². The van der Waals surface area contributed by atoms with Gasteiger partial charge in [-0.25, -0.2) is 8.78 Å². The van der Waals surface area contributed by atoms with Crippen LogP contribution in [-0.4, -0.2) is 5.11 Å². The van der Waals surface area contributed by atoms with Crippen molar-refractivity contribution in [2.24, 2.45) is 5.92 Å². The van der Waals surface area contributed by atoms with Gasteiger partial charge in [-0.3, -0.25) is 0 Å². The summed E-state index contributed by atoms with van der Waals surface area (Å²) < 4.78 is 26.1. The van der Waals surface area contributed by atoms with E-state index in [1.807, 2.05) is 24.3 Å². The fourth-order valence-corrected chi connectivity index (χ4v) is 2.78. The summed E-state index contributed by atoms with van der Waals surface area (Å²) in [6.07, 6.45) is 0.787. The number of fused-ring (bicyclic) bond motifs is 1. The summed E-state index contributed by atoms with van der Waals surface area (Å²) in [6, 6.07) is 11.7. The van der Waals surface area contributed by atoms with Gasteiger partial charge in [-0.1, -0.05) is 30.3 Å². The van der Waals surface area contributed by atoms with Gasteiger partial charge in [0.2, 0.25) is 0 Å². The lowest BCUT2D eigenvalue weighted by atomic mass is 9.93. The number of hydrogen-bond acceptors (Lipinski definition) is 1. The second kappa shape index (κ2) is 4.74. The second-order valence-corrected chi connectivity index (χ2v) is 5.06. The van der Waals surface area contributed by atoms with Crippen LogP contribution in [0, 0.1) is 17.6 Å². The molecular weight excluding hydrogens is 246 g/mol. The fourth-order valence-electron chi connectivity index (χ4n) is 2.78. The van der Waals surface area contributed by atoms with Crippen molar-refractivity contribution in [3.63, 3.8) is 0 Å². The van der Waals surface area contributed by atoms with Crippen molar-refractivity contribution in [3.05, 3.63) is 70.8 Å². The number of benzene rings is 2. The molecule has 0 saturated carbocycles. The highest BCUT2D eigenvalue weighted by Gasteiger charge is 2.28. The molecule has 0 heterocycles. The highest BCUT2D eigenvalue weighted by molar-refractivity contribution is 5.33. The molecule has 1 N–H and O–H groups in total. The van der Waals surface area contributed by atoms with E-state index in [1.54, 1.807) is 0 Å². The molecule has 0 amide bonds. The Balaban J connectivity index is 1.82. The van der Waals surface area contributed by atoms with E-state index in [-0.39, 0.29) is 5.92 Å². The van der Waals surface area contributed by atoms with E-state index in [2.05, 4.69) is 0 Å². The summed E-state index contributed by atoms with van der Waals surface area (Å²) in [6.45, 7) is 0. The lowest BCUT2D eigenvalue weighted by Crippen LogP contribution is -2.13. The number of aliphatic hydroxyl groups excluding tert-OH is 1. The second-order valence-electron chi connectivity index (χ2n) is 5.06. The molecule has 0 spiro atoms. The average Bonchev–Trinajstić information content (AvgIpc) is 2.85. The normalized spacial score (nSPS) is 16.4. The van der Waals surface area contributed by atoms with Gasteiger partial charge in [-0.15, -0.1) is 0 Å². The van der Waals surface area contributed by atoms with Crippen LogP contribution in [-0.2, 0) is 12.8 Å². The van der Waals surface area contributed by atoms with E-state index in [4.69, 9.17) is 0 Å². The summed E-state index contributed by atoms with van der Waals surface area (Å²) in [4.78, 5) is 0. The molecule has 1 unspecified atom stereocenters. The standard InChI is InChI=1S/C16H14F2O/c17-14-6-5-12(9-15(14)18)16(19)13-7-10-3-1-2-4-11(10)8-13/h1-6,9,13,16,19H,7-8H2. The molecule has 0 aliphatic heterocycles. The Labute approximate surface area is 110 Å². The van der Waals surface area contributed by atoms with Crippen molar-refractivity contribution < 1.29 is 13.9 Å². The fraction of sp³-hybridized carbons (Fsp3) is 0.250. The van der Waals surface area contributed by atoms with Crippen LogP contribution >= 0.6 is 0 Å². The Hall–Kier alpha value is -1.74. The van der Waals surface area contributed by atoms with Gasteiger partial charge in [-0.05, 0) is 47.6 Å². The highest BCUT2D eigenvalue weighted by Crippen LogP contribution is 2.35. The van der Waals surface area contributed by atoms with E-state index >= 15 is 0 Å². The minimum absolute atomic E-state index is 0.0299. The molecule has 2 aromatic carbocycles. The van der Waals surface area contributed by atoms with Gasteiger partial charge >= 0.3 is 0 Å². The highest BCUT2D eigenvalue weighted by atomic mass is 19.2. The third-order valence-electron chi connectivity index (χ3n) is 3.81. The van der Waals surface area contributed by atoms with Crippen molar-refractivity contribution in [1.82, 2.24) is 0 Å². The smallest absolute Gasteiger partial charge is 0.159 e. The Morgan fingerprint density at radius 3 is 2.16 bits per heavy atom. The molecule has 98 valence electrons. The van der Waals surface area contributed by atoms with E-state index in [0.717, 1.165) is 25.0 Å². The van der Waals surface area contributed by atoms with Crippen LogP contribution in [0.4, 0.5) is 8.78 Å². The first-order valence-electron chi connectivity index (χ1n) is 6.35. The van der Waals surface area contributed by atoms with Crippen LogP contribution in [0.15, 0.2) is 42.5 Å². The Morgan fingerprint density at radius 2 is 1.58 bits per heavy atom. The van der Waals surface area contributed by atoms with Crippen LogP contribution < -0.4 is 0 Å². The molecular formula is C16H14F2O. The quantitative estimate of drug-likeness (QED) is 0.877. The molecule has 0 fully saturated rings. The zero-order valence-electron chi connectivity index (χ0n) is 10.3. The number of aliphatic hydroxyl groups is 1. The molecule has 3 heteroatoms. The van der Waals surface area contributed by atoms with Gasteiger partial charge in [0.25, 0.3) is 0 Å². The molecule has 0 radical (unpaired) electrons. The van der Waals surface area contributed by atoms with Crippen molar-refractivity contribution in [2.45, 2.75) is 18.9 Å². The van der Waals surface area contributed by atoms with Crippen LogP contribution in [0.3, 0.4) is 0 Å². The van der Waals surface area contributed by atoms with E-state index in [0.29, 0.717) is 5.56 Å². The van der Waals surface area contributed by atoms with Crippen LogP contribution in [0.25, 0.3) is 0 Å². The van der Waals surface area contributed by atoms with Gasteiger partial charge in [0.05, 0.1) is 6.10 Å². The van der Waals surface area contributed by atoms with Gasteiger partial charge in [0.1, 0.15) is 0 Å². The van der Waals surface area contributed by atoms with E-state index in [1.165, 1.54) is 17.2 Å². The Morgan fingerprint density at radius 1 is 0.947 bits per heavy atom. The minimum atomic E-state index is -0.910. The average molecular weight is 260 g/mol. The minimum Gasteiger partial charge on any atom is -0.388 e. The lowest BCUT2D eigenvalue weighted by Gasteiger charge is -2.18. The monoisotopic (exact) mass is 260 g/mol. The molecule has 1 aliphatic rings. The summed E-state index contributed by atoms with van der Waals surface area (Å²) >= 11 is 0. The van der Waals surface area contributed by atoms with Crippen LogP contribution in [0.1, 0.15) is 22.8 Å². The zero-order chi connectivity index (χ0) is 13.4. The summed E-state index contributed by atoms with van der Waals surface area (Å²) in [7, 11) is 0. The molecule has 1 atom stereocenters. The predicted molar refractivity (Wildman–Crippen MR) is 68.7 cm³/mol. The van der Waals surface area contributed by atoms with Gasteiger partial charge < -0.3 is 5.11 Å². The maximum atomic E-state index is 13.2. The molecule has 1 nitrogen and oxygen atoms in total. The molecule has 2 aromatic rings. The molecule has 1 aliphatic carbocycles. The predicted octanol–water partition coefficient (Wildman–Crippen LogP) is 3.41. The van der Waals surface area contributed by atoms with Gasteiger partial charge in [0.15, 0.2) is 11.6 Å². The molecule has 3 rings (SSSR count). The lowest BCUT2D eigenvalue weighted by molar-refractivity contribution is 0.113.